The Bertz CT molecular complexity index is 311. The molecule has 0 radical (unpaired) electrons. The number of aliphatic carboxylic acids is 1. The van der Waals surface area contributed by atoms with Gasteiger partial charge in [0.15, 0.2) is 0 Å². The zero-order valence-electron chi connectivity index (χ0n) is 9.01. The molecule has 0 saturated carbocycles. The number of carbonyl (C=O) groups is 1. The van der Waals surface area contributed by atoms with Gasteiger partial charge in [-0.1, -0.05) is 32.0 Å². The Labute approximate surface area is 94.7 Å². The van der Waals surface area contributed by atoms with Crippen LogP contribution in [0.3, 0.4) is 0 Å². The van der Waals surface area contributed by atoms with Crippen LogP contribution in [0, 0.1) is 11.8 Å². The van der Waals surface area contributed by atoms with E-state index in [0.717, 1.165) is 5.75 Å². The molecule has 0 aliphatic rings. The topological polar surface area (TPSA) is 37.3 Å². The predicted octanol–water partition coefficient (Wildman–Crippen LogP) is 3.14. The second-order valence-corrected chi connectivity index (χ2v) is 4.82. The fourth-order valence-electron chi connectivity index (χ4n) is 1.13. The first kappa shape index (κ1) is 12.1. The highest BCUT2D eigenvalue weighted by atomic mass is 32.2. The molecule has 0 aliphatic heterocycles. The van der Waals surface area contributed by atoms with Gasteiger partial charge in [0.1, 0.15) is 0 Å². The molecule has 0 heterocycles. The molecule has 1 aromatic carbocycles. The molecule has 2 nitrogen and oxygen atoms in total. The Morgan fingerprint density at radius 3 is 2.47 bits per heavy atom. The van der Waals surface area contributed by atoms with Crippen LogP contribution in [-0.2, 0) is 4.79 Å². The van der Waals surface area contributed by atoms with Gasteiger partial charge in [0.25, 0.3) is 0 Å². The van der Waals surface area contributed by atoms with E-state index in [1.54, 1.807) is 18.7 Å². The van der Waals surface area contributed by atoms with E-state index >= 15 is 0 Å². The van der Waals surface area contributed by atoms with Gasteiger partial charge in [0.2, 0.25) is 0 Å². The quantitative estimate of drug-likeness (QED) is 0.781. The normalized spacial score (nSPS) is 14.5. The molecule has 1 aromatic rings. The zero-order chi connectivity index (χ0) is 11.3. The maximum Gasteiger partial charge on any atom is 0.306 e. The van der Waals surface area contributed by atoms with E-state index in [4.69, 9.17) is 5.11 Å². The van der Waals surface area contributed by atoms with Gasteiger partial charge in [-0.15, -0.1) is 11.8 Å². The molecule has 0 saturated heterocycles. The predicted molar refractivity (Wildman–Crippen MR) is 63.1 cm³/mol. The number of carboxylic acid groups (broad SMARTS) is 1. The molecule has 2 unspecified atom stereocenters. The summed E-state index contributed by atoms with van der Waals surface area (Å²) in [5.74, 6) is 0.0439. The minimum atomic E-state index is -0.712. The lowest BCUT2D eigenvalue weighted by Gasteiger charge is -2.15. The first-order chi connectivity index (χ1) is 7.11. The van der Waals surface area contributed by atoms with Crippen molar-refractivity contribution in [1.29, 1.82) is 0 Å². The average Bonchev–Trinajstić information content (AvgIpc) is 2.26. The molecule has 3 heteroatoms. The molecule has 0 bridgehead atoms. The van der Waals surface area contributed by atoms with Crippen molar-refractivity contribution in [3.63, 3.8) is 0 Å². The monoisotopic (exact) mass is 224 g/mol. The van der Waals surface area contributed by atoms with Crippen LogP contribution in [0.4, 0.5) is 0 Å². The number of hydrogen-bond donors (Lipinski definition) is 1. The van der Waals surface area contributed by atoms with Crippen LogP contribution < -0.4 is 0 Å². The van der Waals surface area contributed by atoms with Crippen LogP contribution in [0.15, 0.2) is 35.2 Å². The third kappa shape index (κ3) is 3.96. The number of benzene rings is 1. The molecule has 82 valence electrons. The van der Waals surface area contributed by atoms with Crippen molar-refractivity contribution < 1.29 is 9.90 Å². The van der Waals surface area contributed by atoms with Crippen molar-refractivity contribution in [3.8, 4) is 0 Å². The van der Waals surface area contributed by atoms with Gasteiger partial charge < -0.3 is 5.11 Å². The van der Waals surface area contributed by atoms with E-state index in [1.807, 2.05) is 37.3 Å². The van der Waals surface area contributed by atoms with E-state index in [0.29, 0.717) is 0 Å². The van der Waals surface area contributed by atoms with Gasteiger partial charge in [-0.05, 0) is 18.1 Å². The van der Waals surface area contributed by atoms with E-state index in [9.17, 15) is 4.79 Å². The van der Waals surface area contributed by atoms with Gasteiger partial charge in [0, 0.05) is 10.6 Å². The van der Waals surface area contributed by atoms with Crippen molar-refractivity contribution in [3.05, 3.63) is 30.3 Å². The van der Waals surface area contributed by atoms with Crippen LogP contribution in [-0.4, -0.2) is 16.8 Å². The summed E-state index contributed by atoms with van der Waals surface area (Å²) in [7, 11) is 0. The summed E-state index contributed by atoms with van der Waals surface area (Å²) in [6.07, 6.45) is 0. The van der Waals surface area contributed by atoms with Gasteiger partial charge in [-0.2, -0.15) is 0 Å². The van der Waals surface area contributed by atoms with Crippen molar-refractivity contribution in [2.75, 3.05) is 5.75 Å². The first-order valence-corrected chi connectivity index (χ1v) is 6.00. The molecule has 0 aliphatic carbocycles. The standard InChI is InChI=1S/C12H16O2S/c1-9(10(2)12(13)14)8-15-11-6-4-3-5-7-11/h3-7,9-10H,8H2,1-2H3,(H,13,14). The summed E-state index contributed by atoms with van der Waals surface area (Å²) in [5, 5.41) is 8.84. The Morgan fingerprint density at radius 1 is 1.33 bits per heavy atom. The third-order valence-electron chi connectivity index (χ3n) is 2.50. The Kier molecular flexibility index (Phi) is 4.69. The summed E-state index contributed by atoms with van der Waals surface area (Å²) < 4.78 is 0. The Morgan fingerprint density at radius 2 is 1.93 bits per heavy atom. The number of rotatable bonds is 5. The third-order valence-corrected chi connectivity index (χ3v) is 3.80. The average molecular weight is 224 g/mol. The SMILES string of the molecule is CC(CSc1ccccc1)C(C)C(=O)O. The Balaban J connectivity index is 2.41. The molecular weight excluding hydrogens is 208 g/mol. The lowest BCUT2D eigenvalue weighted by Crippen LogP contribution is -2.19. The first-order valence-electron chi connectivity index (χ1n) is 5.02. The van der Waals surface area contributed by atoms with Crippen LogP contribution in [0.2, 0.25) is 0 Å². The summed E-state index contributed by atoms with van der Waals surface area (Å²) in [4.78, 5) is 11.9. The minimum Gasteiger partial charge on any atom is -0.481 e. The highest BCUT2D eigenvalue weighted by molar-refractivity contribution is 7.99. The highest BCUT2D eigenvalue weighted by Gasteiger charge is 2.19. The molecule has 2 atom stereocenters. The molecule has 1 rings (SSSR count). The van der Waals surface area contributed by atoms with Gasteiger partial charge >= 0.3 is 5.97 Å². The molecule has 15 heavy (non-hydrogen) atoms. The maximum absolute atomic E-state index is 10.7. The second-order valence-electron chi connectivity index (χ2n) is 3.73. The van der Waals surface area contributed by atoms with Gasteiger partial charge in [-0.25, -0.2) is 0 Å². The largest absolute Gasteiger partial charge is 0.481 e. The molecule has 0 spiro atoms. The lowest BCUT2D eigenvalue weighted by atomic mass is 9.98. The molecule has 0 aromatic heterocycles. The zero-order valence-corrected chi connectivity index (χ0v) is 9.83. The van der Waals surface area contributed by atoms with E-state index < -0.39 is 5.97 Å². The molecule has 1 N–H and O–H groups in total. The van der Waals surface area contributed by atoms with Crippen LogP contribution >= 0.6 is 11.8 Å². The summed E-state index contributed by atoms with van der Waals surface area (Å²) >= 11 is 1.71. The van der Waals surface area contributed by atoms with Crippen LogP contribution in [0.1, 0.15) is 13.8 Å². The summed E-state index contributed by atoms with van der Waals surface area (Å²) in [6, 6.07) is 10.1. The maximum atomic E-state index is 10.7. The second kappa shape index (κ2) is 5.81. The fourth-order valence-corrected chi connectivity index (χ4v) is 2.23. The fraction of sp³-hybridized carbons (Fsp3) is 0.417. The van der Waals surface area contributed by atoms with E-state index in [2.05, 4.69) is 0 Å². The molecule has 0 amide bonds. The number of thioether (sulfide) groups is 1. The minimum absolute atomic E-state index is 0.188. The Hall–Kier alpha value is -0.960. The van der Waals surface area contributed by atoms with Crippen molar-refractivity contribution in [2.45, 2.75) is 18.7 Å². The summed E-state index contributed by atoms with van der Waals surface area (Å²) in [5.41, 5.74) is 0. The van der Waals surface area contributed by atoms with Gasteiger partial charge in [-0.3, -0.25) is 4.79 Å². The van der Waals surface area contributed by atoms with Crippen molar-refractivity contribution in [2.24, 2.45) is 11.8 Å². The molecular formula is C12H16O2S. The van der Waals surface area contributed by atoms with Crippen molar-refractivity contribution >= 4 is 17.7 Å². The number of hydrogen-bond acceptors (Lipinski definition) is 2. The summed E-state index contributed by atoms with van der Waals surface area (Å²) in [6.45, 7) is 3.74. The highest BCUT2D eigenvalue weighted by Crippen LogP contribution is 2.23. The van der Waals surface area contributed by atoms with E-state index in [1.165, 1.54) is 4.90 Å². The number of carboxylic acids is 1. The van der Waals surface area contributed by atoms with Crippen LogP contribution in [0.25, 0.3) is 0 Å². The smallest absolute Gasteiger partial charge is 0.306 e. The van der Waals surface area contributed by atoms with Crippen molar-refractivity contribution in [1.82, 2.24) is 0 Å². The molecule has 0 fully saturated rings. The van der Waals surface area contributed by atoms with Crippen LogP contribution in [0.5, 0.6) is 0 Å². The lowest BCUT2D eigenvalue weighted by molar-refractivity contribution is -0.142. The van der Waals surface area contributed by atoms with E-state index in [-0.39, 0.29) is 11.8 Å². The van der Waals surface area contributed by atoms with Gasteiger partial charge in [0.05, 0.1) is 5.92 Å².